The third kappa shape index (κ3) is 2.15. The van der Waals surface area contributed by atoms with Crippen LogP contribution in [0, 0.1) is 6.92 Å². The predicted molar refractivity (Wildman–Crippen MR) is 65.1 cm³/mol. The van der Waals surface area contributed by atoms with Gasteiger partial charge in [0.2, 0.25) is 0 Å². The lowest BCUT2D eigenvalue weighted by atomic mass is 10.2. The van der Waals surface area contributed by atoms with E-state index in [9.17, 15) is 0 Å². The fourth-order valence-electron chi connectivity index (χ4n) is 1.67. The van der Waals surface area contributed by atoms with Crippen LogP contribution < -0.4 is 4.74 Å². The topological polar surface area (TPSA) is 61.0 Å². The lowest BCUT2D eigenvalue weighted by molar-refractivity contribution is 0.242. The summed E-state index contributed by atoms with van der Waals surface area (Å²) in [6.07, 6.45) is 1.69. The Labute approximate surface area is 103 Å². The highest BCUT2D eigenvalue weighted by atomic mass is 16.5. The summed E-state index contributed by atoms with van der Waals surface area (Å²) in [6, 6.07) is 9.81. The van der Waals surface area contributed by atoms with E-state index in [1.165, 1.54) is 0 Å². The minimum absolute atomic E-state index is 0.251. The average Bonchev–Trinajstić information content (AvgIpc) is 2.82. The van der Waals surface area contributed by atoms with Crippen LogP contribution in [0.4, 0.5) is 0 Å². The van der Waals surface area contributed by atoms with E-state index in [4.69, 9.17) is 9.26 Å². The molecule has 0 bridgehead atoms. The number of ether oxygens (including phenoxy) is 1. The molecule has 2 heterocycles. The summed E-state index contributed by atoms with van der Waals surface area (Å²) in [4.78, 5) is 8.37. The molecule has 0 saturated heterocycles. The highest BCUT2D eigenvalue weighted by molar-refractivity contribution is 5.79. The van der Waals surface area contributed by atoms with E-state index in [0.29, 0.717) is 17.5 Å². The summed E-state index contributed by atoms with van der Waals surface area (Å²) in [7, 11) is 0. The zero-order valence-electron chi connectivity index (χ0n) is 9.83. The number of hydrogen-bond acceptors (Lipinski definition) is 5. The van der Waals surface area contributed by atoms with Gasteiger partial charge in [0.25, 0.3) is 5.89 Å². The first-order valence-corrected chi connectivity index (χ1v) is 5.58. The molecule has 3 rings (SSSR count). The van der Waals surface area contributed by atoms with Crippen LogP contribution in [0.5, 0.6) is 5.75 Å². The molecule has 18 heavy (non-hydrogen) atoms. The highest BCUT2D eigenvalue weighted by Crippen LogP contribution is 2.18. The van der Waals surface area contributed by atoms with Gasteiger partial charge in [0.15, 0.2) is 12.4 Å². The molecule has 3 aromatic rings. The SMILES string of the molecule is Cc1noc(COc2cnc3ccccc3c2)n1. The summed E-state index contributed by atoms with van der Waals surface area (Å²) in [5, 5.41) is 4.74. The maximum absolute atomic E-state index is 5.55. The van der Waals surface area contributed by atoms with Crippen LogP contribution in [-0.2, 0) is 6.61 Å². The molecule has 5 heteroatoms. The van der Waals surface area contributed by atoms with Crippen LogP contribution in [0.2, 0.25) is 0 Å². The lowest BCUT2D eigenvalue weighted by Gasteiger charge is -2.03. The Morgan fingerprint density at radius 3 is 3.00 bits per heavy atom. The Kier molecular flexibility index (Phi) is 2.64. The summed E-state index contributed by atoms with van der Waals surface area (Å²) < 4.78 is 10.5. The molecule has 0 saturated carbocycles. The Morgan fingerprint density at radius 1 is 1.28 bits per heavy atom. The zero-order valence-corrected chi connectivity index (χ0v) is 9.83. The minimum atomic E-state index is 0.251. The number of hydrogen-bond donors (Lipinski definition) is 0. The number of rotatable bonds is 3. The van der Waals surface area contributed by atoms with Gasteiger partial charge in [-0.25, -0.2) is 0 Å². The van der Waals surface area contributed by atoms with E-state index in [1.54, 1.807) is 13.1 Å². The number of aryl methyl sites for hydroxylation is 1. The lowest BCUT2D eigenvalue weighted by Crippen LogP contribution is -1.96. The molecule has 0 amide bonds. The quantitative estimate of drug-likeness (QED) is 0.705. The van der Waals surface area contributed by atoms with Crippen molar-refractivity contribution < 1.29 is 9.26 Å². The van der Waals surface area contributed by atoms with Gasteiger partial charge >= 0.3 is 0 Å². The van der Waals surface area contributed by atoms with Crippen molar-refractivity contribution >= 4 is 10.9 Å². The van der Waals surface area contributed by atoms with Crippen LogP contribution in [0.25, 0.3) is 10.9 Å². The molecule has 90 valence electrons. The van der Waals surface area contributed by atoms with Gasteiger partial charge in [-0.3, -0.25) is 4.98 Å². The molecule has 0 fully saturated rings. The fourth-order valence-corrected chi connectivity index (χ4v) is 1.67. The van der Waals surface area contributed by atoms with Gasteiger partial charge in [-0.1, -0.05) is 23.4 Å². The van der Waals surface area contributed by atoms with Crippen molar-refractivity contribution in [3.05, 3.63) is 48.2 Å². The van der Waals surface area contributed by atoms with Crippen LogP contribution in [-0.4, -0.2) is 15.1 Å². The van der Waals surface area contributed by atoms with Crippen molar-refractivity contribution in [2.45, 2.75) is 13.5 Å². The Hall–Kier alpha value is -2.43. The van der Waals surface area contributed by atoms with E-state index < -0.39 is 0 Å². The molecular formula is C13H11N3O2. The van der Waals surface area contributed by atoms with Crippen molar-refractivity contribution in [1.82, 2.24) is 15.1 Å². The minimum Gasteiger partial charge on any atom is -0.482 e. The number of para-hydroxylation sites is 1. The van der Waals surface area contributed by atoms with E-state index in [-0.39, 0.29) is 6.61 Å². The number of aromatic nitrogens is 3. The van der Waals surface area contributed by atoms with Crippen molar-refractivity contribution in [2.24, 2.45) is 0 Å². The van der Waals surface area contributed by atoms with Crippen molar-refractivity contribution in [3.63, 3.8) is 0 Å². The van der Waals surface area contributed by atoms with Crippen LogP contribution >= 0.6 is 0 Å². The van der Waals surface area contributed by atoms with Crippen LogP contribution in [0.15, 0.2) is 41.1 Å². The van der Waals surface area contributed by atoms with Gasteiger partial charge in [-0.05, 0) is 19.1 Å². The standard InChI is InChI=1S/C13H11N3O2/c1-9-15-13(18-16-9)8-17-11-6-10-4-2-3-5-12(10)14-7-11/h2-7H,8H2,1H3. The Balaban J connectivity index is 1.78. The number of fused-ring (bicyclic) bond motifs is 1. The third-order valence-corrected chi connectivity index (χ3v) is 2.50. The smallest absolute Gasteiger partial charge is 0.264 e. The second-order valence-electron chi connectivity index (χ2n) is 3.89. The van der Waals surface area contributed by atoms with Gasteiger partial charge in [-0.2, -0.15) is 4.98 Å². The maximum atomic E-state index is 5.55. The second kappa shape index (κ2) is 4.44. The summed E-state index contributed by atoms with van der Waals surface area (Å²) in [5.74, 6) is 1.75. The summed E-state index contributed by atoms with van der Waals surface area (Å²) in [6.45, 7) is 2.02. The predicted octanol–water partition coefficient (Wildman–Crippen LogP) is 2.51. The third-order valence-electron chi connectivity index (χ3n) is 2.50. The zero-order chi connectivity index (χ0) is 12.4. The highest BCUT2D eigenvalue weighted by Gasteiger charge is 2.04. The molecule has 0 unspecified atom stereocenters. The van der Waals surface area contributed by atoms with Gasteiger partial charge in [0.1, 0.15) is 5.75 Å². The van der Waals surface area contributed by atoms with Crippen molar-refractivity contribution in [1.29, 1.82) is 0 Å². The molecule has 0 N–H and O–H groups in total. The second-order valence-corrected chi connectivity index (χ2v) is 3.89. The molecule has 0 aliphatic heterocycles. The molecule has 0 spiro atoms. The fraction of sp³-hybridized carbons (Fsp3) is 0.154. The molecule has 5 nitrogen and oxygen atoms in total. The average molecular weight is 241 g/mol. The molecule has 1 aromatic carbocycles. The number of nitrogens with zero attached hydrogens (tertiary/aromatic N) is 3. The van der Waals surface area contributed by atoms with E-state index >= 15 is 0 Å². The maximum Gasteiger partial charge on any atom is 0.264 e. The number of pyridine rings is 1. The first kappa shape index (κ1) is 10.7. The van der Waals surface area contributed by atoms with E-state index in [2.05, 4.69) is 15.1 Å². The van der Waals surface area contributed by atoms with Gasteiger partial charge < -0.3 is 9.26 Å². The van der Waals surface area contributed by atoms with Gasteiger partial charge in [0.05, 0.1) is 11.7 Å². The Morgan fingerprint density at radius 2 is 2.17 bits per heavy atom. The molecule has 0 aliphatic rings. The summed E-state index contributed by atoms with van der Waals surface area (Å²) >= 11 is 0. The van der Waals surface area contributed by atoms with E-state index in [1.807, 2.05) is 30.3 Å². The number of benzene rings is 1. The molecular weight excluding hydrogens is 230 g/mol. The van der Waals surface area contributed by atoms with Crippen molar-refractivity contribution in [2.75, 3.05) is 0 Å². The van der Waals surface area contributed by atoms with Gasteiger partial charge in [-0.15, -0.1) is 0 Å². The normalized spacial score (nSPS) is 10.7. The molecule has 0 aliphatic carbocycles. The summed E-state index contributed by atoms with van der Waals surface area (Å²) in [5.41, 5.74) is 0.943. The largest absolute Gasteiger partial charge is 0.482 e. The first-order chi connectivity index (χ1) is 8.81. The monoisotopic (exact) mass is 241 g/mol. The van der Waals surface area contributed by atoms with E-state index in [0.717, 1.165) is 10.9 Å². The van der Waals surface area contributed by atoms with Crippen LogP contribution in [0.3, 0.4) is 0 Å². The first-order valence-electron chi connectivity index (χ1n) is 5.58. The molecule has 2 aromatic heterocycles. The molecule has 0 radical (unpaired) electrons. The Bertz CT molecular complexity index is 679. The van der Waals surface area contributed by atoms with Gasteiger partial charge in [0, 0.05) is 5.39 Å². The molecule has 0 atom stereocenters. The van der Waals surface area contributed by atoms with Crippen LogP contribution in [0.1, 0.15) is 11.7 Å². The van der Waals surface area contributed by atoms with Crippen molar-refractivity contribution in [3.8, 4) is 5.75 Å².